The summed E-state index contributed by atoms with van der Waals surface area (Å²) in [4.78, 5) is 1.24. The number of nitrogens with one attached hydrogen (secondary N) is 1. The van der Waals surface area contributed by atoms with Gasteiger partial charge in [0.2, 0.25) is 0 Å². The van der Waals surface area contributed by atoms with Crippen molar-refractivity contribution >= 4 is 9.84 Å². The van der Waals surface area contributed by atoms with Crippen molar-refractivity contribution in [1.29, 1.82) is 0 Å². The second-order valence-corrected chi connectivity index (χ2v) is 9.12. The minimum Gasteiger partial charge on any atom is -0.389 e. The van der Waals surface area contributed by atoms with E-state index in [9.17, 15) is 13.5 Å². The van der Waals surface area contributed by atoms with Gasteiger partial charge in [0, 0.05) is 0 Å². The van der Waals surface area contributed by atoms with Crippen LogP contribution < -0.4 is 4.90 Å². The van der Waals surface area contributed by atoms with Crippen LogP contribution in [0.25, 0.3) is 0 Å². The Balaban J connectivity index is 2.32. The number of aliphatic hydroxyl groups is 1. The molecule has 2 rings (SSSR count). The lowest BCUT2D eigenvalue weighted by atomic mass is 9.87. The molecule has 0 spiro atoms. The van der Waals surface area contributed by atoms with Gasteiger partial charge in [-0.15, -0.1) is 0 Å². The van der Waals surface area contributed by atoms with Gasteiger partial charge in [-0.25, -0.2) is 8.42 Å². The molecule has 0 aromatic rings. The third kappa shape index (κ3) is 1.90. The minimum absolute atomic E-state index is 0.0496. The lowest BCUT2D eigenvalue weighted by Gasteiger charge is -2.55. The summed E-state index contributed by atoms with van der Waals surface area (Å²) in [6.45, 7) is 9.71. The van der Waals surface area contributed by atoms with Gasteiger partial charge >= 0.3 is 0 Å². The number of ether oxygens (including phenoxy) is 1. The van der Waals surface area contributed by atoms with Crippen molar-refractivity contribution in [3.05, 3.63) is 0 Å². The summed E-state index contributed by atoms with van der Waals surface area (Å²) in [6, 6.07) is -0.0496. The lowest BCUT2D eigenvalue weighted by molar-refractivity contribution is -0.937. The van der Waals surface area contributed by atoms with Crippen LogP contribution in [0.1, 0.15) is 27.7 Å². The monoisotopic (exact) mass is 278 g/mol. The van der Waals surface area contributed by atoms with E-state index in [1.165, 1.54) is 4.90 Å². The Labute approximate surface area is 109 Å². The van der Waals surface area contributed by atoms with Crippen molar-refractivity contribution in [2.45, 2.75) is 49.3 Å². The normalized spacial score (nSPS) is 36.1. The Morgan fingerprint density at radius 1 is 1.28 bits per heavy atom. The van der Waals surface area contributed by atoms with Crippen LogP contribution in [0, 0.1) is 0 Å². The summed E-state index contributed by atoms with van der Waals surface area (Å²) >= 11 is 0. The Hall–Kier alpha value is -0.170. The molecule has 2 unspecified atom stereocenters. The number of sulfone groups is 1. The van der Waals surface area contributed by atoms with Crippen molar-refractivity contribution < 1.29 is 23.2 Å². The summed E-state index contributed by atoms with van der Waals surface area (Å²) < 4.78 is 29.3. The van der Waals surface area contributed by atoms with Gasteiger partial charge in [-0.05, 0) is 27.7 Å². The van der Waals surface area contributed by atoms with Crippen LogP contribution in [0.3, 0.4) is 0 Å². The van der Waals surface area contributed by atoms with Crippen molar-refractivity contribution in [3.63, 3.8) is 0 Å². The summed E-state index contributed by atoms with van der Waals surface area (Å²) in [5, 5.41) is 9.51. The van der Waals surface area contributed by atoms with E-state index in [-0.39, 0.29) is 6.04 Å². The van der Waals surface area contributed by atoms with Crippen molar-refractivity contribution in [1.82, 2.24) is 0 Å². The number of hydrogen-bond acceptors (Lipinski definition) is 4. The summed E-state index contributed by atoms with van der Waals surface area (Å²) in [7, 11) is -3.27. The predicted molar refractivity (Wildman–Crippen MR) is 68.4 cm³/mol. The van der Waals surface area contributed by atoms with Crippen LogP contribution in [-0.2, 0) is 14.6 Å². The molecule has 18 heavy (non-hydrogen) atoms. The van der Waals surface area contributed by atoms with E-state index >= 15 is 0 Å². The van der Waals surface area contributed by atoms with Crippen LogP contribution in [0.4, 0.5) is 0 Å². The maximum atomic E-state index is 12.4. The van der Waals surface area contributed by atoms with E-state index < -0.39 is 25.4 Å². The molecule has 2 heterocycles. The van der Waals surface area contributed by atoms with E-state index in [4.69, 9.17) is 4.74 Å². The molecule has 5 nitrogen and oxygen atoms in total. The summed E-state index contributed by atoms with van der Waals surface area (Å²) in [5.41, 5.74) is -1.19. The molecule has 0 amide bonds. The molecule has 106 valence electrons. The van der Waals surface area contributed by atoms with E-state index in [0.717, 1.165) is 13.1 Å². The van der Waals surface area contributed by atoms with E-state index in [1.807, 2.05) is 0 Å². The maximum absolute atomic E-state index is 12.4. The number of hydrogen-bond donors (Lipinski definition) is 2. The first-order valence-corrected chi connectivity index (χ1v) is 8.03. The zero-order valence-corrected chi connectivity index (χ0v) is 12.4. The second-order valence-electron chi connectivity index (χ2n) is 6.47. The third-order valence-electron chi connectivity index (χ3n) is 4.39. The van der Waals surface area contributed by atoms with Gasteiger partial charge in [0.1, 0.15) is 29.1 Å². The first-order valence-electron chi connectivity index (χ1n) is 6.48. The lowest BCUT2D eigenvalue weighted by Crippen LogP contribution is -3.23. The smallest absolute Gasteiger partial charge is 0.172 e. The quantitative estimate of drug-likeness (QED) is 0.653. The van der Waals surface area contributed by atoms with Gasteiger partial charge in [0.25, 0.3) is 0 Å². The van der Waals surface area contributed by atoms with E-state index in [1.54, 1.807) is 27.7 Å². The molecule has 0 aromatic carbocycles. The Morgan fingerprint density at radius 2 is 1.78 bits per heavy atom. The predicted octanol–water partition coefficient (Wildman–Crippen LogP) is -1.38. The standard InChI is InChI=1S/C12H23NO4S/c1-11(2,14)10-9(12(3,4)18(10,15)16)13-5-7-17-8-6-13/h9-10,14H,5-8H2,1-4H3/p+1. The third-order valence-corrected chi connectivity index (χ3v) is 7.63. The highest BCUT2D eigenvalue weighted by molar-refractivity contribution is 7.95. The molecule has 2 fully saturated rings. The highest BCUT2D eigenvalue weighted by Crippen LogP contribution is 2.43. The molecule has 6 heteroatoms. The van der Waals surface area contributed by atoms with Gasteiger partial charge in [-0.3, -0.25) is 0 Å². The van der Waals surface area contributed by atoms with Gasteiger partial charge in [-0.2, -0.15) is 0 Å². The second kappa shape index (κ2) is 4.16. The summed E-state index contributed by atoms with van der Waals surface area (Å²) in [6.07, 6.45) is 0. The largest absolute Gasteiger partial charge is 0.389 e. The zero-order chi connectivity index (χ0) is 13.8. The van der Waals surface area contributed by atoms with Crippen LogP contribution in [0.2, 0.25) is 0 Å². The molecular weight excluding hydrogens is 254 g/mol. The molecular formula is C12H24NO4S+. The van der Waals surface area contributed by atoms with Crippen molar-refractivity contribution in [3.8, 4) is 0 Å². The fourth-order valence-electron chi connectivity index (χ4n) is 3.41. The Kier molecular flexibility index (Phi) is 3.29. The van der Waals surface area contributed by atoms with Crippen molar-refractivity contribution in [2.75, 3.05) is 26.3 Å². The Morgan fingerprint density at radius 3 is 2.22 bits per heavy atom. The molecule has 0 aliphatic carbocycles. The minimum atomic E-state index is -3.27. The molecule has 2 aliphatic heterocycles. The van der Waals surface area contributed by atoms with Gasteiger partial charge in [-0.1, -0.05) is 0 Å². The first-order chi connectivity index (χ1) is 8.10. The zero-order valence-electron chi connectivity index (χ0n) is 11.6. The first kappa shape index (κ1) is 14.2. The fourth-order valence-corrected chi connectivity index (χ4v) is 6.15. The molecule has 2 N–H and O–H groups in total. The van der Waals surface area contributed by atoms with Crippen LogP contribution in [-0.4, -0.2) is 61.5 Å². The topological polar surface area (TPSA) is 68.0 Å². The molecule has 2 aliphatic rings. The molecule has 2 saturated heterocycles. The highest BCUT2D eigenvalue weighted by atomic mass is 32.2. The van der Waals surface area contributed by atoms with Crippen molar-refractivity contribution in [2.24, 2.45) is 0 Å². The molecule has 0 saturated carbocycles. The molecule has 0 radical (unpaired) electrons. The Bertz CT molecular complexity index is 418. The summed E-state index contributed by atoms with van der Waals surface area (Å²) in [5.74, 6) is 0. The van der Waals surface area contributed by atoms with Crippen LogP contribution in [0.15, 0.2) is 0 Å². The van der Waals surface area contributed by atoms with Crippen LogP contribution in [0.5, 0.6) is 0 Å². The molecule has 2 atom stereocenters. The maximum Gasteiger partial charge on any atom is 0.172 e. The SMILES string of the molecule is CC(C)(O)C1C([NH+]2CCOCC2)C(C)(C)S1(=O)=O. The average Bonchev–Trinajstić information content (AvgIpc) is 2.24. The van der Waals surface area contributed by atoms with Gasteiger partial charge in [0.15, 0.2) is 9.84 Å². The van der Waals surface area contributed by atoms with Gasteiger partial charge < -0.3 is 14.7 Å². The molecule has 0 aromatic heterocycles. The van der Waals surface area contributed by atoms with Crippen LogP contribution >= 0.6 is 0 Å². The van der Waals surface area contributed by atoms with Gasteiger partial charge in [0.05, 0.1) is 18.8 Å². The van der Waals surface area contributed by atoms with E-state index in [0.29, 0.717) is 13.2 Å². The molecule has 0 bridgehead atoms. The average molecular weight is 278 g/mol. The number of quaternary nitrogens is 1. The fraction of sp³-hybridized carbons (Fsp3) is 1.00. The van der Waals surface area contributed by atoms with E-state index in [2.05, 4.69) is 0 Å². The number of rotatable bonds is 2. The highest BCUT2D eigenvalue weighted by Gasteiger charge is 2.70. The number of morpholine rings is 1.